The molecule has 0 aliphatic rings. The lowest BCUT2D eigenvalue weighted by Crippen LogP contribution is -1.91. The summed E-state index contributed by atoms with van der Waals surface area (Å²) in [5.41, 5.74) is 0. The van der Waals surface area contributed by atoms with Gasteiger partial charge >= 0.3 is 0 Å². The molecule has 1 unspecified atom stereocenters. The Hall–Kier alpha value is -0.300. The van der Waals surface area contributed by atoms with E-state index in [0.29, 0.717) is 0 Å². The molecule has 0 heterocycles. The predicted octanol–water partition coefficient (Wildman–Crippen LogP) is 4.06. The molecule has 1 atom stereocenters. The van der Waals surface area contributed by atoms with E-state index >= 15 is 0 Å². The molecule has 0 bridgehead atoms. The van der Waals surface area contributed by atoms with Gasteiger partial charge in [-0.2, -0.15) is 0 Å². The second kappa shape index (κ2) is 10.8. The number of allylic oxidation sites excluding steroid dienone is 1. The number of hydrogen-bond donors (Lipinski definition) is 1. The van der Waals surface area contributed by atoms with Crippen LogP contribution in [0.25, 0.3) is 0 Å². The van der Waals surface area contributed by atoms with Crippen molar-refractivity contribution in [3.05, 3.63) is 12.2 Å². The van der Waals surface area contributed by atoms with Crippen LogP contribution in [0.1, 0.15) is 65.2 Å². The maximum Gasteiger partial charge on any atom is 0.0692 e. The minimum Gasteiger partial charge on any atom is -0.389 e. The fraction of sp³-hybridized carbons (Fsp3) is 0.846. The summed E-state index contributed by atoms with van der Waals surface area (Å²) in [6.45, 7) is 4.04. The average Bonchev–Trinajstić information content (AvgIpc) is 2.15. The van der Waals surface area contributed by atoms with E-state index in [9.17, 15) is 0 Å². The number of aliphatic hydroxyl groups is 1. The SMILES string of the molecule is CCCCCCCCCC=CC(C)O. The van der Waals surface area contributed by atoms with Gasteiger partial charge in [-0.05, 0) is 19.8 Å². The molecular weight excluding hydrogens is 172 g/mol. The fourth-order valence-corrected chi connectivity index (χ4v) is 1.51. The van der Waals surface area contributed by atoms with Crippen LogP contribution in [0.2, 0.25) is 0 Å². The van der Waals surface area contributed by atoms with Crippen LogP contribution in [0.4, 0.5) is 0 Å². The predicted molar refractivity (Wildman–Crippen MR) is 63.4 cm³/mol. The highest BCUT2D eigenvalue weighted by Crippen LogP contribution is 2.08. The Balaban J connectivity index is 2.99. The Bertz CT molecular complexity index is 127. The van der Waals surface area contributed by atoms with Gasteiger partial charge < -0.3 is 5.11 Å². The quantitative estimate of drug-likeness (QED) is 0.437. The van der Waals surface area contributed by atoms with Gasteiger partial charge in [-0.3, -0.25) is 0 Å². The van der Waals surface area contributed by atoms with Crippen molar-refractivity contribution in [1.29, 1.82) is 0 Å². The van der Waals surface area contributed by atoms with Crippen LogP contribution < -0.4 is 0 Å². The first-order chi connectivity index (χ1) is 6.77. The third kappa shape index (κ3) is 11.7. The molecule has 0 aliphatic carbocycles. The lowest BCUT2D eigenvalue weighted by Gasteiger charge is -1.99. The number of hydrogen-bond acceptors (Lipinski definition) is 1. The summed E-state index contributed by atoms with van der Waals surface area (Å²) in [5.74, 6) is 0. The van der Waals surface area contributed by atoms with E-state index in [1.807, 2.05) is 6.08 Å². The van der Waals surface area contributed by atoms with Gasteiger partial charge in [-0.1, -0.05) is 57.6 Å². The average molecular weight is 198 g/mol. The monoisotopic (exact) mass is 198 g/mol. The highest BCUT2D eigenvalue weighted by Gasteiger charge is 1.89. The van der Waals surface area contributed by atoms with Crippen LogP contribution in [0.5, 0.6) is 0 Å². The molecule has 0 amide bonds. The molecule has 0 saturated heterocycles. The van der Waals surface area contributed by atoms with E-state index in [4.69, 9.17) is 5.11 Å². The van der Waals surface area contributed by atoms with E-state index in [-0.39, 0.29) is 6.10 Å². The zero-order valence-corrected chi connectivity index (χ0v) is 9.84. The molecular formula is C13H26O. The minimum atomic E-state index is -0.278. The van der Waals surface area contributed by atoms with E-state index in [0.717, 1.165) is 6.42 Å². The van der Waals surface area contributed by atoms with Gasteiger partial charge in [0.15, 0.2) is 0 Å². The molecule has 0 rings (SSSR count). The van der Waals surface area contributed by atoms with Gasteiger partial charge in [0, 0.05) is 0 Å². The maximum atomic E-state index is 8.97. The summed E-state index contributed by atoms with van der Waals surface area (Å²) in [7, 11) is 0. The lowest BCUT2D eigenvalue weighted by atomic mass is 10.1. The Morgan fingerprint density at radius 2 is 1.57 bits per heavy atom. The first kappa shape index (κ1) is 13.7. The summed E-state index contributed by atoms with van der Waals surface area (Å²) in [6.07, 6.45) is 14.3. The third-order valence-electron chi connectivity index (χ3n) is 2.39. The summed E-state index contributed by atoms with van der Waals surface area (Å²) < 4.78 is 0. The highest BCUT2D eigenvalue weighted by molar-refractivity contribution is 4.85. The summed E-state index contributed by atoms with van der Waals surface area (Å²) in [5, 5.41) is 8.97. The Labute approximate surface area is 89.2 Å². The van der Waals surface area contributed by atoms with Crippen molar-refractivity contribution >= 4 is 0 Å². The molecule has 0 aromatic carbocycles. The third-order valence-corrected chi connectivity index (χ3v) is 2.39. The second-order valence-corrected chi connectivity index (χ2v) is 4.08. The van der Waals surface area contributed by atoms with Crippen molar-refractivity contribution in [2.75, 3.05) is 0 Å². The lowest BCUT2D eigenvalue weighted by molar-refractivity contribution is 0.244. The first-order valence-corrected chi connectivity index (χ1v) is 6.12. The van der Waals surface area contributed by atoms with E-state index < -0.39 is 0 Å². The molecule has 0 aromatic heterocycles. The smallest absolute Gasteiger partial charge is 0.0692 e. The van der Waals surface area contributed by atoms with Gasteiger partial charge in [-0.25, -0.2) is 0 Å². The van der Waals surface area contributed by atoms with E-state index in [1.54, 1.807) is 6.92 Å². The van der Waals surface area contributed by atoms with Crippen molar-refractivity contribution in [1.82, 2.24) is 0 Å². The topological polar surface area (TPSA) is 20.2 Å². The normalized spacial score (nSPS) is 13.6. The zero-order valence-electron chi connectivity index (χ0n) is 9.84. The maximum absolute atomic E-state index is 8.97. The van der Waals surface area contributed by atoms with E-state index in [2.05, 4.69) is 13.0 Å². The molecule has 0 radical (unpaired) electrons. The van der Waals surface area contributed by atoms with Gasteiger partial charge in [-0.15, -0.1) is 0 Å². The molecule has 84 valence electrons. The van der Waals surface area contributed by atoms with Crippen molar-refractivity contribution in [3.63, 3.8) is 0 Å². The van der Waals surface area contributed by atoms with Crippen LogP contribution in [0, 0.1) is 0 Å². The molecule has 0 spiro atoms. The van der Waals surface area contributed by atoms with Crippen LogP contribution in [0.3, 0.4) is 0 Å². The zero-order chi connectivity index (χ0) is 10.6. The van der Waals surface area contributed by atoms with Crippen molar-refractivity contribution in [2.24, 2.45) is 0 Å². The van der Waals surface area contributed by atoms with Crippen LogP contribution in [0.15, 0.2) is 12.2 Å². The summed E-state index contributed by atoms with van der Waals surface area (Å²) in [6, 6.07) is 0. The minimum absolute atomic E-state index is 0.278. The van der Waals surface area contributed by atoms with Crippen LogP contribution in [-0.4, -0.2) is 11.2 Å². The van der Waals surface area contributed by atoms with Gasteiger partial charge in [0.05, 0.1) is 6.10 Å². The van der Waals surface area contributed by atoms with Crippen molar-refractivity contribution < 1.29 is 5.11 Å². The number of rotatable bonds is 9. The second-order valence-electron chi connectivity index (χ2n) is 4.08. The first-order valence-electron chi connectivity index (χ1n) is 6.12. The number of aliphatic hydroxyl groups excluding tert-OH is 1. The van der Waals surface area contributed by atoms with Crippen LogP contribution >= 0.6 is 0 Å². The summed E-state index contributed by atoms with van der Waals surface area (Å²) in [4.78, 5) is 0. The van der Waals surface area contributed by atoms with Gasteiger partial charge in [0.1, 0.15) is 0 Å². The largest absolute Gasteiger partial charge is 0.389 e. The Morgan fingerprint density at radius 3 is 2.14 bits per heavy atom. The van der Waals surface area contributed by atoms with Crippen molar-refractivity contribution in [3.8, 4) is 0 Å². The molecule has 1 heteroatoms. The molecule has 1 N–H and O–H groups in total. The van der Waals surface area contributed by atoms with Crippen LogP contribution in [-0.2, 0) is 0 Å². The molecule has 0 aliphatic heterocycles. The molecule has 14 heavy (non-hydrogen) atoms. The molecule has 0 fully saturated rings. The molecule has 1 nitrogen and oxygen atoms in total. The van der Waals surface area contributed by atoms with Crippen molar-refractivity contribution in [2.45, 2.75) is 71.3 Å². The van der Waals surface area contributed by atoms with Gasteiger partial charge in [0.2, 0.25) is 0 Å². The van der Waals surface area contributed by atoms with Gasteiger partial charge in [0.25, 0.3) is 0 Å². The Kier molecular flexibility index (Phi) is 10.5. The Morgan fingerprint density at radius 1 is 1.00 bits per heavy atom. The van der Waals surface area contributed by atoms with E-state index in [1.165, 1.54) is 44.9 Å². The molecule has 0 saturated carbocycles. The molecule has 0 aromatic rings. The standard InChI is InChI=1S/C13H26O/c1-3-4-5-6-7-8-9-10-11-12-13(2)14/h11-14H,3-10H2,1-2H3. The highest BCUT2D eigenvalue weighted by atomic mass is 16.3. The number of unbranched alkanes of at least 4 members (excludes halogenated alkanes) is 7. The fourth-order valence-electron chi connectivity index (χ4n) is 1.51. The summed E-state index contributed by atoms with van der Waals surface area (Å²) >= 11 is 0.